The monoisotopic (exact) mass is 451 g/mol. The maximum absolute atomic E-state index is 12.8. The first-order chi connectivity index (χ1) is 14.4. The number of benzene rings is 1. The van der Waals surface area contributed by atoms with Gasteiger partial charge in [-0.2, -0.15) is 4.31 Å². The van der Waals surface area contributed by atoms with Crippen LogP contribution in [-0.4, -0.2) is 79.3 Å². The number of sulfonamides is 1. The summed E-state index contributed by atoms with van der Waals surface area (Å²) in [7, 11) is -3.53. The van der Waals surface area contributed by atoms with Crippen LogP contribution in [0.5, 0.6) is 0 Å². The summed E-state index contributed by atoms with van der Waals surface area (Å²) >= 11 is 1.54. The van der Waals surface area contributed by atoms with E-state index >= 15 is 0 Å². The Labute approximate surface area is 182 Å². The fourth-order valence-electron chi connectivity index (χ4n) is 3.61. The Morgan fingerprint density at radius 3 is 2.27 bits per heavy atom. The van der Waals surface area contributed by atoms with Crippen molar-refractivity contribution in [2.45, 2.75) is 24.8 Å². The summed E-state index contributed by atoms with van der Waals surface area (Å²) in [5.41, 5.74) is 0.487. The van der Waals surface area contributed by atoms with Gasteiger partial charge in [-0.05, 0) is 35.7 Å². The smallest absolute Gasteiger partial charge is 0.253 e. The average Bonchev–Trinajstić information content (AvgIpc) is 3.30. The van der Waals surface area contributed by atoms with Crippen LogP contribution in [0, 0.1) is 0 Å². The largest absolute Gasteiger partial charge is 0.386 e. The lowest BCUT2D eigenvalue weighted by molar-refractivity contribution is 0.0532. The number of β-amino-alcohol motifs (C(OH)–C–C–N with tert-alkyl or cyclic N) is 1. The van der Waals surface area contributed by atoms with E-state index in [9.17, 15) is 18.3 Å². The van der Waals surface area contributed by atoms with Gasteiger partial charge in [-0.15, -0.1) is 11.3 Å². The molecule has 1 aromatic carbocycles. The second-order valence-electron chi connectivity index (χ2n) is 7.24. The van der Waals surface area contributed by atoms with Gasteiger partial charge in [0.1, 0.15) is 6.10 Å². The number of nitrogens with zero attached hydrogens (tertiary/aromatic N) is 3. The van der Waals surface area contributed by atoms with E-state index in [1.54, 1.807) is 42.2 Å². The first kappa shape index (κ1) is 22.9. The predicted octanol–water partition coefficient (Wildman–Crippen LogP) is 2.27. The van der Waals surface area contributed by atoms with E-state index in [-0.39, 0.29) is 10.8 Å². The van der Waals surface area contributed by atoms with Crippen LogP contribution in [0.2, 0.25) is 0 Å². The summed E-state index contributed by atoms with van der Waals surface area (Å²) in [6.45, 7) is 7.53. The first-order valence-electron chi connectivity index (χ1n) is 10.2. The quantitative estimate of drug-likeness (QED) is 0.666. The van der Waals surface area contributed by atoms with Gasteiger partial charge in [0.05, 0.1) is 4.90 Å². The van der Waals surface area contributed by atoms with Gasteiger partial charge in [-0.1, -0.05) is 19.9 Å². The molecule has 9 heteroatoms. The molecular weight excluding hydrogens is 422 g/mol. The van der Waals surface area contributed by atoms with Crippen LogP contribution in [0.3, 0.4) is 0 Å². The van der Waals surface area contributed by atoms with Crippen molar-refractivity contribution in [1.29, 1.82) is 0 Å². The van der Waals surface area contributed by atoms with Gasteiger partial charge >= 0.3 is 0 Å². The summed E-state index contributed by atoms with van der Waals surface area (Å²) in [4.78, 5) is 17.9. The van der Waals surface area contributed by atoms with Crippen LogP contribution >= 0.6 is 11.3 Å². The van der Waals surface area contributed by atoms with Crippen molar-refractivity contribution in [2.75, 3.05) is 45.8 Å². The van der Waals surface area contributed by atoms with Crippen molar-refractivity contribution in [3.05, 3.63) is 52.2 Å². The van der Waals surface area contributed by atoms with Gasteiger partial charge in [0, 0.05) is 56.3 Å². The van der Waals surface area contributed by atoms with Crippen molar-refractivity contribution >= 4 is 27.3 Å². The first-order valence-corrected chi connectivity index (χ1v) is 12.5. The summed E-state index contributed by atoms with van der Waals surface area (Å²) in [5, 5.41) is 12.3. The number of rotatable bonds is 8. The third-order valence-electron chi connectivity index (χ3n) is 5.41. The maximum Gasteiger partial charge on any atom is 0.253 e. The van der Waals surface area contributed by atoms with Crippen LogP contribution in [0.25, 0.3) is 0 Å². The molecule has 30 heavy (non-hydrogen) atoms. The highest BCUT2D eigenvalue weighted by Gasteiger charge is 2.25. The summed E-state index contributed by atoms with van der Waals surface area (Å²) < 4.78 is 26.6. The van der Waals surface area contributed by atoms with E-state index in [1.807, 2.05) is 17.5 Å². The summed E-state index contributed by atoms with van der Waals surface area (Å²) in [6, 6.07) is 10.1. The van der Waals surface area contributed by atoms with E-state index in [2.05, 4.69) is 4.90 Å². The fraction of sp³-hybridized carbons (Fsp3) is 0.476. The van der Waals surface area contributed by atoms with Gasteiger partial charge in [0.2, 0.25) is 10.0 Å². The molecule has 0 radical (unpaired) electrons. The molecule has 1 N–H and O–H groups in total. The Kier molecular flexibility index (Phi) is 7.65. The molecule has 1 aromatic heterocycles. The Bertz CT molecular complexity index is 918. The van der Waals surface area contributed by atoms with Gasteiger partial charge < -0.3 is 10.0 Å². The van der Waals surface area contributed by atoms with Crippen LogP contribution < -0.4 is 0 Å². The molecule has 1 unspecified atom stereocenters. The molecule has 0 aliphatic carbocycles. The third-order valence-corrected chi connectivity index (χ3v) is 8.44. The SMILES string of the molecule is CCN(CC)S(=O)(=O)c1ccc(C(=O)N2CCN(CC(O)c3cccs3)CC2)cc1. The highest BCUT2D eigenvalue weighted by Crippen LogP contribution is 2.21. The minimum absolute atomic E-state index is 0.0970. The highest BCUT2D eigenvalue weighted by molar-refractivity contribution is 7.89. The molecular formula is C21H29N3O4S2. The Morgan fingerprint density at radius 1 is 1.10 bits per heavy atom. The van der Waals surface area contributed by atoms with E-state index in [1.165, 1.54) is 16.4 Å². The molecule has 1 atom stereocenters. The van der Waals surface area contributed by atoms with Gasteiger partial charge in [0.25, 0.3) is 5.91 Å². The minimum Gasteiger partial charge on any atom is -0.386 e. The lowest BCUT2D eigenvalue weighted by Crippen LogP contribution is -2.49. The lowest BCUT2D eigenvalue weighted by Gasteiger charge is -2.35. The van der Waals surface area contributed by atoms with Crippen molar-refractivity contribution in [3.63, 3.8) is 0 Å². The maximum atomic E-state index is 12.8. The van der Waals surface area contributed by atoms with E-state index in [4.69, 9.17) is 0 Å². The van der Waals surface area contributed by atoms with Crippen molar-refractivity contribution < 1.29 is 18.3 Å². The standard InChI is InChI=1S/C21H29N3O4S2/c1-3-24(4-2)30(27,28)18-9-7-17(8-10-18)21(26)23-13-11-22(12-14-23)16-19(25)20-6-5-15-29-20/h5-10,15,19,25H,3-4,11-14,16H2,1-2H3. The van der Waals surface area contributed by atoms with Crippen LogP contribution in [0.4, 0.5) is 0 Å². The molecule has 164 valence electrons. The molecule has 0 spiro atoms. The molecule has 1 aliphatic rings. The Morgan fingerprint density at radius 2 is 1.73 bits per heavy atom. The molecule has 0 saturated carbocycles. The molecule has 7 nitrogen and oxygen atoms in total. The van der Waals surface area contributed by atoms with Gasteiger partial charge in [0.15, 0.2) is 0 Å². The zero-order valence-corrected chi connectivity index (χ0v) is 19.0. The third kappa shape index (κ3) is 5.09. The predicted molar refractivity (Wildman–Crippen MR) is 118 cm³/mol. The highest BCUT2D eigenvalue weighted by atomic mass is 32.2. The number of piperazine rings is 1. The van der Waals surface area contributed by atoms with Crippen molar-refractivity contribution in [1.82, 2.24) is 14.1 Å². The molecule has 2 heterocycles. The number of thiophene rings is 1. The molecule has 0 bridgehead atoms. The van der Waals surface area contributed by atoms with E-state index < -0.39 is 16.1 Å². The second-order valence-corrected chi connectivity index (χ2v) is 10.2. The molecule has 2 aromatic rings. The zero-order valence-electron chi connectivity index (χ0n) is 17.4. The second kappa shape index (κ2) is 10.0. The topological polar surface area (TPSA) is 81.2 Å². The molecule has 1 saturated heterocycles. The summed E-state index contributed by atoms with van der Waals surface area (Å²) in [5.74, 6) is -0.0970. The Hall–Kier alpha value is -1.78. The van der Waals surface area contributed by atoms with Crippen LogP contribution in [0.15, 0.2) is 46.7 Å². The number of hydrogen-bond donors (Lipinski definition) is 1. The number of carbonyl (C=O) groups excluding carboxylic acids is 1. The van der Waals surface area contributed by atoms with Crippen molar-refractivity contribution in [3.8, 4) is 0 Å². The summed E-state index contributed by atoms with van der Waals surface area (Å²) in [6.07, 6.45) is -0.507. The molecule has 1 aliphatic heterocycles. The van der Waals surface area contributed by atoms with Gasteiger partial charge in [-0.25, -0.2) is 8.42 Å². The van der Waals surface area contributed by atoms with E-state index in [0.717, 1.165) is 4.88 Å². The number of aliphatic hydroxyl groups is 1. The van der Waals surface area contributed by atoms with Crippen LogP contribution in [0.1, 0.15) is 35.2 Å². The number of hydrogen-bond acceptors (Lipinski definition) is 6. The molecule has 1 amide bonds. The van der Waals surface area contributed by atoms with Gasteiger partial charge in [-0.3, -0.25) is 9.69 Å². The Balaban J connectivity index is 1.57. The normalized spacial score (nSPS) is 16.7. The fourth-order valence-corrected chi connectivity index (χ4v) is 5.77. The average molecular weight is 452 g/mol. The zero-order chi connectivity index (χ0) is 21.7. The number of aliphatic hydroxyl groups excluding tert-OH is 1. The van der Waals surface area contributed by atoms with Crippen LogP contribution in [-0.2, 0) is 10.0 Å². The number of carbonyl (C=O) groups is 1. The van der Waals surface area contributed by atoms with E-state index in [0.29, 0.717) is 51.4 Å². The minimum atomic E-state index is -3.53. The molecule has 1 fully saturated rings. The molecule has 3 rings (SSSR count). The number of amides is 1. The lowest BCUT2D eigenvalue weighted by atomic mass is 10.1. The van der Waals surface area contributed by atoms with Crippen molar-refractivity contribution in [2.24, 2.45) is 0 Å².